The average Bonchev–Trinajstić information content (AvgIpc) is 3.76. The van der Waals surface area contributed by atoms with Crippen molar-refractivity contribution in [3.05, 3.63) is 139 Å². The summed E-state index contributed by atoms with van der Waals surface area (Å²) in [4.78, 5) is 18.5. The summed E-state index contributed by atoms with van der Waals surface area (Å²) in [5.41, 5.74) is 9.24. The predicted molar refractivity (Wildman–Crippen MR) is 192 cm³/mol. The summed E-state index contributed by atoms with van der Waals surface area (Å²) in [6.45, 7) is 4.14. The number of aromatic nitrogens is 8. The lowest BCUT2D eigenvalue weighted by Gasteiger charge is -2.13. The molecule has 4 aromatic carbocycles. The van der Waals surface area contributed by atoms with Gasteiger partial charge in [-0.15, -0.1) is 0 Å². The van der Waals surface area contributed by atoms with Crippen LogP contribution in [0.1, 0.15) is 11.4 Å². The second-order valence-electron chi connectivity index (χ2n) is 12.1. The molecule has 0 radical (unpaired) electrons. The highest BCUT2D eigenvalue weighted by Crippen LogP contribution is 2.39. The van der Waals surface area contributed by atoms with Crippen LogP contribution in [-0.4, -0.2) is 38.9 Å². The summed E-state index contributed by atoms with van der Waals surface area (Å²) in [5, 5.41) is 7.23. The predicted octanol–water partition coefficient (Wildman–Crippen LogP) is 8.78. The molecule has 9 nitrogen and oxygen atoms in total. The molecule has 5 aromatic heterocycles. The molecule has 236 valence electrons. The van der Waals surface area contributed by atoms with Crippen molar-refractivity contribution in [2.75, 3.05) is 0 Å². The van der Waals surface area contributed by atoms with Crippen molar-refractivity contribution in [1.82, 2.24) is 38.9 Å². The Balaban J connectivity index is 1.22. The minimum atomic E-state index is 0.588. The first-order valence-corrected chi connectivity index (χ1v) is 16.1. The fraction of sp³-hybridized carbons (Fsp3) is 0.0750. The van der Waals surface area contributed by atoms with E-state index in [9.17, 15) is 0 Å². The van der Waals surface area contributed by atoms with E-state index in [0.717, 1.165) is 67.2 Å². The minimum Gasteiger partial charge on any atom is -0.457 e. The van der Waals surface area contributed by atoms with Gasteiger partial charge in [0.1, 0.15) is 23.1 Å². The SMILES string of the molecule is Cc1nn(-c2ccccc2)c(C)c1-c1cc(Oc2ccc3c4ccccc4n(-c4ccccn4)c3c2)cc(-c2nc3nccnc3n2C)c1. The van der Waals surface area contributed by atoms with Crippen LogP contribution in [-0.2, 0) is 7.05 Å². The topological polar surface area (TPSA) is 88.5 Å². The van der Waals surface area contributed by atoms with Crippen molar-refractivity contribution in [2.45, 2.75) is 13.8 Å². The van der Waals surface area contributed by atoms with E-state index < -0.39 is 0 Å². The van der Waals surface area contributed by atoms with Gasteiger partial charge in [0.05, 0.1) is 22.4 Å². The summed E-state index contributed by atoms with van der Waals surface area (Å²) in [6, 6.07) is 37.0. The molecule has 0 amide bonds. The number of rotatable bonds is 6. The van der Waals surface area contributed by atoms with Gasteiger partial charge >= 0.3 is 0 Å². The van der Waals surface area contributed by atoms with Gasteiger partial charge in [-0.05, 0) is 80.1 Å². The summed E-state index contributed by atoms with van der Waals surface area (Å²) in [6.07, 6.45) is 5.16. The Labute approximate surface area is 281 Å². The molecule has 9 rings (SSSR count). The zero-order chi connectivity index (χ0) is 33.1. The molecule has 0 spiro atoms. The first-order valence-electron chi connectivity index (χ1n) is 16.1. The fourth-order valence-corrected chi connectivity index (χ4v) is 6.87. The molecule has 5 heterocycles. The zero-order valence-electron chi connectivity index (χ0n) is 27.1. The molecule has 0 fully saturated rings. The van der Waals surface area contributed by atoms with Crippen molar-refractivity contribution in [3.63, 3.8) is 0 Å². The zero-order valence-corrected chi connectivity index (χ0v) is 27.1. The second kappa shape index (κ2) is 11.3. The largest absolute Gasteiger partial charge is 0.457 e. The Morgan fingerprint density at radius 1 is 0.633 bits per heavy atom. The Hall–Kier alpha value is -6.61. The first kappa shape index (κ1) is 28.6. The number of imidazole rings is 1. The highest BCUT2D eigenvalue weighted by Gasteiger charge is 2.20. The van der Waals surface area contributed by atoms with Crippen LogP contribution in [0.4, 0.5) is 0 Å². The van der Waals surface area contributed by atoms with Crippen LogP contribution >= 0.6 is 0 Å². The van der Waals surface area contributed by atoms with E-state index in [4.69, 9.17) is 14.8 Å². The number of hydrogen-bond acceptors (Lipinski definition) is 6. The van der Waals surface area contributed by atoms with Gasteiger partial charge in [-0.3, -0.25) is 4.57 Å². The number of fused-ring (bicyclic) bond motifs is 4. The molecule has 0 atom stereocenters. The Morgan fingerprint density at radius 2 is 1.41 bits per heavy atom. The molecule has 0 aliphatic rings. The maximum absolute atomic E-state index is 6.75. The van der Waals surface area contributed by atoms with E-state index in [-0.39, 0.29) is 0 Å². The normalized spacial score (nSPS) is 11.6. The number of para-hydroxylation sites is 2. The van der Waals surface area contributed by atoms with Crippen LogP contribution in [0, 0.1) is 13.8 Å². The third-order valence-corrected chi connectivity index (χ3v) is 9.01. The lowest BCUT2D eigenvalue weighted by molar-refractivity contribution is 0.483. The van der Waals surface area contributed by atoms with Crippen LogP contribution in [0.2, 0.25) is 0 Å². The third-order valence-electron chi connectivity index (χ3n) is 9.01. The summed E-state index contributed by atoms with van der Waals surface area (Å²) in [7, 11) is 1.96. The Kier molecular flexibility index (Phi) is 6.58. The standard InChI is InChI=1S/C40H30N8O/c1-25-37(26(2)48(45-25)29-11-5-4-6-12-29)27-21-28(39-44-38-40(46(39)3)43-20-19-42-38)23-31(22-27)49-30-16-17-33-32-13-7-8-14-34(32)47(35(33)24-30)36-15-9-10-18-41-36/h4-24H,1-3H3. The molecule has 0 aliphatic carbocycles. The van der Waals surface area contributed by atoms with Crippen LogP contribution in [0.3, 0.4) is 0 Å². The minimum absolute atomic E-state index is 0.588. The molecule has 0 saturated heterocycles. The number of hydrogen-bond donors (Lipinski definition) is 0. The van der Waals surface area contributed by atoms with E-state index in [1.807, 2.05) is 77.9 Å². The van der Waals surface area contributed by atoms with Crippen LogP contribution < -0.4 is 4.74 Å². The number of pyridine rings is 1. The van der Waals surface area contributed by atoms with E-state index in [0.29, 0.717) is 22.8 Å². The maximum atomic E-state index is 6.75. The molecule has 0 N–H and O–H groups in total. The third kappa shape index (κ3) is 4.74. The van der Waals surface area contributed by atoms with Crippen LogP contribution in [0.5, 0.6) is 11.5 Å². The van der Waals surface area contributed by atoms with E-state index in [1.54, 1.807) is 12.4 Å². The summed E-state index contributed by atoms with van der Waals surface area (Å²) >= 11 is 0. The average molecular weight is 639 g/mol. The summed E-state index contributed by atoms with van der Waals surface area (Å²) in [5.74, 6) is 2.97. The van der Waals surface area contributed by atoms with Crippen molar-refractivity contribution in [2.24, 2.45) is 7.05 Å². The number of benzene rings is 4. The van der Waals surface area contributed by atoms with E-state index in [2.05, 4.69) is 87.1 Å². The molecular formula is C40H30N8O. The van der Waals surface area contributed by atoms with Gasteiger partial charge in [0.2, 0.25) is 0 Å². The quantitative estimate of drug-likeness (QED) is 0.181. The van der Waals surface area contributed by atoms with E-state index in [1.165, 1.54) is 0 Å². The smallest absolute Gasteiger partial charge is 0.197 e. The van der Waals surface area contributed by atoms with Crippen LogP contribution in [0.25, 0.3) is 67.1 Å². The van der Waals surface area contributed by atoms with Gasteiger partial charge in [-0.2, -0.15) is 5.10 Å². The molecule has 0 unspecified atom stereocenters. The monoisotopic (exact) mass is 638 g/mol. The van der Waals surface area contributed by atoms with E-state index >= 15 is 0 Å². The number of ether oxygens (including phenoxy) is 1. The molecule has 49 heavy (non-hydrogen) atoms. The highest BCUT2D eigenvalue weighted by atomic mass is 16.5. The van der Waals surface area contributed by atoms with Crippen molar-refractivity contribution in [1.29, 1.82) is 0 Å². The van der Waals surface area contributed by atoms with Crippen LogP contribution in [0.15, 0.2) is 128 Å². The Bertz CT molecular complexity index is 2670. The molecule has 0 bridgehead atoms. The van der Waals surface area contributed by atoms with Gasteiger partial charge in [0.25, 0.3) is 0 Å². The molecular weight excluding hydrogens is 608 g/mol. The molecule has 9 heteroatoms. The first-order chi connectivity index (χ1) is 24.0. The van der Waals surface area contributed by atoms with Gasteiger partial charge < -0.3 is 9.30 Å². The second-order valence-corrected chi connectivity index (χ2v) is 12.1. The van der Waals surface area contributed by atoms with Crippen molar-refractivity contribution in [3.8, 4) is 45.5 Å². The van der Waals surface area contributed by atoms with Gasteiger partial charge in [-0.1, -0.05) is 42.5 Å². The van der Waals surface area contributed by atoms with Gasteiger partial charge in [-0.25, -0.2) is 24.6 Å². The molecule has 0 saturated carbocycles. The number of nitrogens with zero attached hydrogens (tertiary/aromatic N) is 8. The van der Waals surface area contributed by atoms with Crippen molar-refractivity contribution >= 4 is 33.1 Å². The maximum Gasteiger partial charge on any atom is 0.197 e. The van der Waals surface area contributed by atoms with Crippen molar-refractivity contribution < 1.29 is 4.74 Å². The molecule has 9 aromatic rings. The highest BCUT2D eigenvalue weighted by molar-refractivity contribution is 6.09. The van der Waals surface area contributed by atoms with Gasteiger partial charge in [0.15, 0.2) is 11.3 Å². The summed E-state index contributed by atoms with van der Waals surface area (Å²) < 4.78 is 12.9. The fourth-order valence-electron chi connectivity index (χ4n) is 6.87. The lowest BCUT2D eigenvalue weighted by atomic mass is 10.0. The van der Waals surface area contributed by atoms with Gasteiger partial charge in [0, 0.05) is 59.3 Å². The molecule has 0 aliphatic heterocycles. The number of aryl methyl sites for hydroxylation is 2. The Morgan fingerprint density at radius 3 is 2.24 bits per heavy atom. The lowest BCUT2D eigenvalue weighted by Crippen LogP contribution is -1.99.